The van der Waals surface area contributed by atoms with Gasteiger partial charge >= 0.3 is 5.97 Å². The topological polar surface area (TPSA) is 81.9 Å². The zero-order valence-electron chi connectivity index (χ0n) is 8.77. The van der Waals surface area contributed by atoms with Crippen molar-refractivity contribution in [2.24, 2.45) is 5.73 Å². The van der Waals surface area contributed by atoms with Crippen molar-refractivity contribution in [3.05, 3.63) is 0 Å². The van der Waals surface area contributed by atoms with Gasteiger partial charge in [0.25, 0.3) is 0 Å². The van der Waals surface area contributed by atoms with Gasteiger partial charge < -0.3 is 15.2 Å². The molecule has 15 heavy (non-hydrogen) atoms. The fraction of sp³-hybridized carbons (Fsp3) is 0.778. The van der Waals surface area contributed by atoms with Crippen LogP contribution in [-0.2, 0) is 19.1 Å². The zero-order chi connectivity index (χ0) is 11.3. The number of rotatable bonds is 4. The van der Waals surface area contributed by atoms with E-state index >= 15 is 0 Å². The van der Waals surface area contributed by atoms with Crippen LogP contribution in [0.15, 0.2) is 0 Å². The minimum Gasteiger partial charge on any atom is -0.468 e. The normalized spacial score (nSPS) is 22.3. The molecule has 1 heterocycles. The standard InChI is InChI=1S/C9H16N2O4/c1-14-9(13)7-6-15-5-4-11(7)3-2-8(10)12/h7H,2-6H2,1H3,(H2,10,12). The Bertz CT molecular complexity index is 244. The Morgan fingerprint density at radius 3 is 2.93 bits per heavy atom. The van der Waals surface area contributed by atoms with Crippen molar-refractivity contribution in [3.63, 3.8) is 0 Å². The summed E-state index contributed by atoms with van der Waals surface area (Å²) < 4.78 is 9.83. The average Bonchev–Trinajstić information content (AvgIpc) is 2.25. The van der Waals surface area contributed by atoms with Gasteiger partial charge in [0.1, 0.15) is 6.04 Å². The van der Waals surface area contributed by atoms with Crippen LogP contribution in [-0.4, -0.2) is 56.2 Å². The van der Waals surface area contributed by atoms with Gasteiger partial charge in [0.05, 0.1) is 20.3 Å². The van der Waals surface area contributed by atoms with E-state index < -0.39 is 6.04 Å². The maximum atomic E-state index is 11.4. The van der Waals surface area contributed by atoms with E-state index in [1.807, 2.05) is 4.90 Å². The Hall–Kier alpha value is -1.14. The number of hydrogen-bond donors (Lipinski definition) is 1. The first-order chi connectivity index (χ1) is 7.15. The largest absolute Gasteiger partial charge is 0.468 e. The van der Waals surface area contributed by atoms with Crippen molar-refractivity contribution in [1.82, 2.24) is 4.90 Å². The lowest BCUT2D eigenvalue weighted by atomic mass is 10.2. The molecule has 0 aliphatic carbocycles. The highest BCUT2D eigenvalue weighted by atomic mass is 16.5. The summed E-state index contributed by atoms with van der Waals surface area (Å²) in [5, 5.41) is 0. The first kappa shape index (κ1) is 11.9. The summed E-state index contributed by atoms with van der Waals surface area (Å²) in [5.41, 5.74) is 5.05. The number of hydrogen-bond acceptors (Lipinski definition) is 5. The van der Waals surface area contributed by atoms with Gasteiger partial charge in [-0.1, -0.05) is 0 Å². The van der Waals surface area contributed by atoms with Gasteiger partial charge in [0, 0.05) is 19.5 Å². The lowest BCUT2D eigenvalue weighted by Gasteiger charge is -2.33. The number of nitrogens with two attached hydrogens (primary N) is 1. The molecule has 1 rings (SSSR count). The van der Waals surface area contributed by atoms with Crippen LogP contribution >= 0.6 is 0 Å². The predicted octanol–water partition coefficient (Wildman–Crippen LogP) is -1.26. The summed E-state index contributed by atoms with van der Waals surface area (Å²) >= 11 is 0. The number of esters is 1. The molecule has 0 aromatic heterocycles. The van der Waals surface area contributed by atoms with Crippen molar-refractivity contribution in [2.45, 2.75) is 12.5 Å². The molecule has 1 aliphatic heterocycles. The van der Waals surface area contributed by atoms with Crippen LogP contribution in [0.3, 0.4) is 0 Å². The molecule has 1 fully saturated rings. The number of methoxy groups -OCH3 is 1. The molecule has 6 nitrogen and oxygen atoms in total. The first-order valence-corrected chi connectivity index (χ1v) is 4.83. The highest BCUT2D eigenvalue weighted by Crippen LogP contribution is 2.08. The van der Waals surface area contributed by atoms with E-state index in [1.54, 1.807) is 0 Å². The summed E-state index contributed by atoms with van der Waals surface area (Å²) in [7, 11) is 1.34. The molecule has 0 bridgehead atoms. The van der Waals surface area contributed by atoms with E-state index in [9.17, 15) is 9.59 Å². The molecule has 1 amide bonds. The lowest BCUT2D eigenvalue weighted by molar-refractivity contribution is -0.153. The summed E-state index contributed by atoms with van der Waals surface area (Å²) in [6.07, 6.45) is 0.244. The fourth-order valence-electron chi connectivity index (χ4n) is 1.51. The molecule has 1 aliphatic rings. The molecule has 0 aromatic rings. The van der Waals surface area contributed by atoms with E-state index in [0.717, 1.165) is 0 Å². The van der Waals surface area contributed by atoms with Gasteiger partial charge in [-0.05, 0) is 0 Å². The van der Waals surface area contributed by atoms with Crippen molar-refractivity contribution in [3.8, 4) is 0 Å². The number of carbonyl (C=O) groups is 2. The smallest absolute Gasteiger partial charge is 0.325 e. The van der Waals surface area contributed by atoms with Crippen LogP contribution in [0.2, 0.25) is 0 Å². The van der Waals surface area contributed by atoms with Gasteiger partial charge in [-0.3, -0.25) is 14.5 Å². The Morgan fingerprint density at radius 2 is 2.33 bits per heavy atom. The molecule has 1 atom stereocenters. The number of amides is 1. The summed E-state index contributed by atoms with van der Waals surface area (Å²) in [6.45, 7) is 1.96. The summed E-state index contributed by atoms with van der Waals surface area (Å²) in [4.78, 5) is 23.9. The van der Waals surface area contributed by atoms with E-state index in [1.165, 1.54) is 7.11 Å². The second-order valence-corrected chi connectivity index (χ2v) is 3.37. The van der Waals surface area contributed by atoms with Crippen LogP contribution in [0.4, 0.5) is 0 Å². The molecule has 0 aromatic carbocycles. The van der Waals surface area contributed by atoms with Crippen LogP contribution < -0.4 is 5.73 Å². The predicted molar refractivity (Wildman–Crippen MR) is 52.0 cm³/mol. The van der Waals surface area contributed by atoms with E-state index in [-0.39, 0.29) is 18.3 Å². The van der Waals surface area contributed by atoms with Gasteiger partial charge in [0.2, 0.25) is 5.91 Å². The summed E-state index contributed by atoms with van der Waals surface area (Å²) in [6, 6.07) is -0.414. The SMILES string of the molecule is COC(=O)C1COCCN1CCC(N)=O. The Balaban J connectivity index is 2.49. The number of carbonyl (C=O) groups excluding carboxylic acids is 2. The number of morpholine rings is 1. The van der Waals surface area contributed by atoms with E-state index in [0.29, 0.717) is 26.3 Å². The minimum absolute atomic E-state index is 0.244. The van der Waals surface area contributed by atoms with Crippen molar-refractivity contribution in [1.29, 1.82) is 0 Å². The monoisotopic (exact) mass is 216 g/mol. The molecule has 2 N–H and O–H groups in total. The Kier molecular flexibility index (Phi) is 4.51. The molecule has 6 heteroatoms. The van der Waals surface area contributed by atoms with Gasteiger partial charge in [-0.2, -0.15) is 0 Å². The molecule has 0 radical (unpaired) electrons. The number of primary amides is 1. The lowest BCUT2D eigenvalue weighted by Crippen LogP contribution is -2.51. The minimum atomic E-state index is -0.414. The third kappa shape index (κ3) is 3.49. The quantitative estimate of drug-likeness (QED) is 0.593. The fourth-order valence-corrected chi connectivity index (χ4v) is 1.51. The maximum Gasteiger partial charge on any atom is 0.325 e. The second-order valence-electron chi connectivity index (χ2n) is 3.37. The number of ether oxygens (including phenoxy) is 2. The van der Waals surface area contributed by atoms with E-state index in [4.69, 9.17) is 10.5 Å². The average molecular weight is 216 g/mol. The van der Waals surface area contributed by atoms with Crippen molar-refractivity contribution < 1.29 is 19.1 Å². The first-order valence-electron chi connectivity index (χ1n) is 4.83. The van der Waals surface area contributed by atoms with E-state index in [2.05, 4.69) is 4.74 Å². The van der Waals surface area contributed by atoms with Gasteiger partial charge in [0.15, 0.2) is 0 Å². The maximum absolute atomic E-state index is 11.4. The van der Waals surface area contributed by atoms with Gasteiger partial charge in [-0.15, -0.1) is 0 Å². The van der Waals surface area contributed by atoms with Crippen molar-refractivity contribution in [2.75, 3.05) is 33.4 Å². The Labute approximate surface area is 88.3 Å². The highest BCUT2D eigenvalue weighted by Gasteiger charge is 2.29. The van der Waals surface area contributed by atoms with Crippen molar-refractivity contribution >= 4 is 11.9 Å². The van der Waals surface area contributed by atoms with Crippen LogP contribution in [0.25, 0.3) is 0 Å². The highest BCUT2D eigenvalue weighted by molar-refractivity contribution is 5.76. The Morgan fingerprint density at radius 1 is 1.60 bits per heavy atom. The summed E-state index contributed by atoms with van der Waals surface area (Å²) in [5.74, 6) is -0.704. The molecular weight excluding hydrogens is 200 g/mol. The van der Waals surface area contributed by atoms with Crippen LogP contribution in [0, 0.1) is 0 Å². The number of nitrogens with zero attached hydrogens (tertiary/aromatic N) is 1. The third-order valence-electron chi connectivity index (χ3n) is 2.36. The molecule has 0 saturated carbocycles. The molecule has 86 valence electrons. The molecule has 1 saturated heterocycles. The molecule has 0 spiro atoms. The second kappa shape index (κ2) is 5.67. The molecular formula is C9H16N2O4. The third-order valence-corrected chi connectivity index (χ3v) is 2.36. The van der Waals surface area contributed by atoms with Gasteiger partial charge in [-0.25, -0.2) is 0 Å². The van der Waals surface area contributed by atoms with Crippen LogP contribution in [0.1, 0.15) is 6.42 Å². The zero-order valence-corrected chi connectivity index (χ0v) is 8.77. The molecule has 1 unspecified atom stereocenters. The van der Waals surface area contributed by atoms with Crippen LogP contribution in [0.5, 0.6) is 0 Å².